The van der Waals surface area contributed by atoms with Gasteiger partial charge in [-0.25, -0.2) is 13.2 Å². The maximum Gasteiger partial charge on any atom is 0.460 e. The Labute approximate surface area is 140 Å². The van der Waals surface area contributed by atoms with Crippen LogP contribution in [-0.4, -0.2) is 42.4 Å². The van der Waals surface area contributed by atoms with Gasteiger partial charge in [-0.15, -0.1) is 0 Å². The molecular formula is C16H17BO6S. The number of hydrogen-bond donors (Lipinski definition) is 3. The number of carboxylic acid groups (broad SMARTS) is 1. The zero-order valence-electron chi connectivity index (χ0n) is 12.7. The van der Waals surface area contributed by atoms with E-state index in [-0.39, 0.29) is 16.9 Å². The number of aromatic carboxylic acids is 1. The fourth-order valence-corrected chi connectivity index (χ4v) is 4.15. The van der Waals surface area contributed by atoms with E-state index in [1.165, 1.54) is 24.3 Å². The van der Waals surface area contributed by atoms with Crippen molar-refractivity contribution in [1.82, 2.24) is 0 Å². The Morgan fingerprint density at radius 1 is 1.04 bits per heavy atom. The summed E-state index contributed by atoms with van der Waals surface area (Å²) in [5, 5.41) is 28.2. The normalized spacial score (nSPS) is 12.6. The van der Waals surface area contributed by atoms with Crippen LogP contribution in [0.2, 0.25) is 0 Å². The molecule has 0 amide bonds. The van der Waals surface area contributed by atoms with Gasteiger partial charge in [0.1, 0.15) is 0 Å². The van der Waals surface area contributed by atoms with Gasteiger partial charge < -0.3 is 15.2 Å². The van der Waals surface area contributed by atoms with Crippen LogP contribution in [0.25, 0.3) is 0 Å². The molecule has 0 aromatic heterocycles. The first-order valence-electron chi connectivity index (χ1n) is 7.22. The van der Waals surface area contributed by atoms with Crippen LogP contribution in [0.3, 0.4) is 0 Å². The van der Waals surface area contributed by atoms with Gasteiger partial charge in [-0.1, -0.05) is 42.5 Å². The van der Waals surface area contributed by atoms with Crippen LogP contribution in [0.4, 0.5) is 0 Å². The van der Waals surface area contributed by atoms with Gasteiger partial charge in [-0.2, -0.15) is 0 Å². The monoisotopic (exact) mass is 348 g/mol. The molecule has 0 aliphatic rings. The molecule has 0 aliphatic carbocycles. The Morgan fingerprint density at radius 2 is 1.71 bits per heavy atom. The highest BCUT2D eigenvalue weighted by atomic mass is 32.2. The highest BCUT2D eigenvalue weighted by Crippen LogP contribution is 2.22. The minimum atomic E-state index is -3.63. The third-order valence-electron chi connectivity index (χ3n) is 3.58. The van der Waals surface area contributed by atoms with Crippen LogP contribution in [0.1, 0.15) is 27.3 Å². The van der Waals surface area contributed by atoms with Gasteiger partial charge in [0.25, 0.3) is 0 Å². The molecule has 0 bridgehead atoms. The van der Waals surface area contributed by atoms with E-state index in [1.54, 1.807) is 30.3 Å². The summed E-state index contributed by atoms with van der Waals surface area (Å²) in [6.45, 7) is 0. The molecule has 2 rings (SSSR count). The van der Waals surface area contributed by atoms with Gasteiger partial charge in [0, 0.05) is 5.82 Å². The maximum absolute atomic E-state index is 12.4. The van der Waals surface area contributed by atoms with Crippen molar-refractivity contribution in [1.29, 1.82) is 0 Å². The molecule has 0 saturated heterocycles. The van der Waals surface area contributed by atoms with Gasteiger partial charge in [0.15, 0.2) is 9.84 Å². The van der Waals surface area contributed by atoms with E-state index in [9.17, 15) is 23.3 Å². The van der Waals surface area contributed by atoms with Crippen molar-refractivity contribution in [3.05, 3.63) is 71.3 Å². The summed E-state index contributed by atoms with van der Waals surface area (Å²) >= 11 is 0. The molecule has 0 unspecified atom stereocenters. The average molecular weight is 348 g/mol. The SMILES string of the molecule is O=C(O)c1cccc([C@H](CS(=O)(=O)Cc2ccccc2)B(O)O)c1. The van der Waals surface area contributed by atoms with E-state index in [0.29, 0.717) is 5.56 Å². The van der Waals surface area contributed by atoms with Crippen LogP contribution in [0.15, 0.2) is 54.6 Å². The van der Waals surface area contributed by atoms with Gasteiger partial charge in [0.05, 0.1) is 17.1 Å². The van der Waals surface area contributed by atoms with Crippen molar-refractivity contribution in [2.75, 3.05) is 5.75 Å². The maximum atomic E-state index is 12.4. The van der Waals surface area contributed by atoms with Gasteiger partial charge in [0.2, 0.25) is 0 Å². The predicted octanol–water partition coefficient (Wildman–Crippen LogP) is 1.10. The van der Waals surface area contributed by atoms with E-state index in [4.69, 9.17) is 5.11 Å². The molecule has 0 spiro atoms. The highest BCUT2D eigenvalue weighted by Gasteiger charge is 2.31. The smallest absolute Gasteiger partial charge is 0.460 e. The Morgan fingerprint density at radius 3 is 2.29 bits per heavy atom. The summed E-state index contributed by atoms with van der Waals surface area (Å²) < 4.78 is 24.7. The third kappa shape index (κ3) is 4.92. The molecule has 2 aromatic rings. The molecule has 0 radical (unpaired) electrons. The van der Waals surface area contributed by atoms with Gasteiger partial charge >= 0.3 is 13.1 Å². The number of benzene rings is 2. The Hall–Kier alpha value is -2.16. The quantitative estimate of drug-likeness (QED) is 0.646. The lowest BCUT2D eigenvalue weighted by atomic mass is 9.70. The van der Waals surface area contributed by atoms with Crippen molar-refractivity contribution < 1.29 is 28.4 Å². The molecule has 2 aromatic carbocycles. The van der Waals surface area contributed by atoms with E-state index in [0.717, 1.165) is 0 Å². The van der Waals surface area contributed by atoms with E-state index in [2.05, 4.69) is 0 Å². The summed E-state index contributed by atoms with van der Waals surface area (Å²) in [7, 11) is -5.54. The number of hydrogen-bond acceptors (Lipinski definition) is 5. The zero-order chi connectivity index (χ0) is 17.7. The fraction of sp³-hybridized carbons (Fsp3) is 0.188. The lowest BCUT2D eigenvalue weighted by Gasteiger charge is -2.17. The van der Waals surface area contributed by atoms with Crippen LogP contribution in [0, 0.1) is 0 Å². The molecule has 0 heterocycles. The van der Waals surface area contributed by atoms with Crippen molar-refractivity contribution in [2.24, 2.45) is 0 Å². The van der Waals surface area contributed by atoms with Crippen LogP contribution in [-0.2, 0) is 15.6 Å². The Kier molecular flexibility index (Phi) is 5.77. The Balaban J connectivity index is 2.25. The molecule has 6 nitrogen and oxygen atoms in total. The zero-order valence-corrected chi connectivity index (χ0v) is 13.6. The van der Waals surface area contributed by atoms with Crippen molar-refractivity contribution in [3.63, 3.8) is 0 Å². The van der Waals surface area contributed by atoms with Gasteiger partial charge in [-0.05, 0) is 23.3 Å². The number of carbonyl (C=O) groups is 1. The minimum absolute atomic E-state index is 0.0430. The van der Waals surface area contributed by atoms with Crippen LogP contribution < -0.4 is 0 Å². The number of sulfone groups is 1. The van der Waals surface area contributed by atoms with E-state index in [1.807, 2.05) is 0 Å². The van der Waals surface area contributed by atoms with Crippen molar-refractivity contribution in [3.8, 4) is 0 Å². The number of carboxylic acids is 1. The van der Waals surface area contributed by atoms with Crippen LogP contribution in [0.5, 0.6) is 0 Å². The fourth-order valence-electron chi connectivity index (χ4n) is 2.42. The molecule has 24 heavy (non-hydrogen) atoms. The molecule has 0 aliphatic heterocycles. The summed E-state index contributed by atoms with van der Waals surface area (Å²) in [5.74, 6) is -3.02. The van der Waals surface area contributed by atoms with Crippen molar-refractivity contribution >= 4 is 22.9 Å². The average Bonchev–Trinajstić information content (AvgIpc) is 2.53. The molecule has 126 valence electrons. The standard InChI is InChI=1S/C16H17BO6S/c18-16(19)14-8-4-7-13(9-14)15(17(20)21)11-24(22,23)10-12-5-2-1-3-6-12/h1-9,15,20-21H,10-11H2,(H,18,19)/t15-/m0/s1. The minimum Gasteiger partial charge on any atom is -0.478 e. The molecular weight excluding hydrogens is 331 g/mol. The summed E-state index contributed by atoms with van der Waals surface area (Å²) in [6.07, 6.45) is 0. The second-order valence-electron chi connectivity index (χ2n) is 5.49. The first-order valence-corrected chi connectivity index (χ1v) is 9.04. The van der Waals surface area contributed by atoms with Gasteiger partial charge in [-0.3, -0.25) is 0 Å². The summed E-state index contributed by atoms with van der Waals surface area (Å²) in [6, 6.07) is 14.1. The third-order valence-corrected chi connectivity index (χ3v) is 5.22. The second-order valence-corrected chi connectivity index (χ2v) is 7.60. The van der Waals surface area contributed by atoms with E-state index >= 15 is 0 Å². The number of rotatable bonds is 7. The lowest BCUT2D eigenvalue weighted by Crippen LogP contribution is -2.30. The summed E-state index contributed by atoms with van der Waals surface area (Å²) in [5.41, 5.74) is 0.808. The molecule has 0 saturated carbocycles. The first-order chi connectivity index (χ1) is 11.3. The van der Waals surface area contributed by atoms with Crippen LogP contribution >= 0.6 is 0 Å². The first kappa shape index (κ1) is 18.2. The molecule has 0 fully saturated rings. The molecule has 3 N–H and O–H groups in total. The lowest BCUT2D eigenvalue weighted by molar-refractivity contribution is 0.0696. The Bertz CT molecular complexity index is 804. The largest absolute Gasteiger partial charge is 0.478 e. The molecule has 1 atom stereocenters. The van der Waals surface area contributed by atoms with E-state index < -0.39 is 34.5 Å². The topological polar surface area (TPSA) is 112 Å². The molecule has 8 heteroatoms. The van der Waals surface area contributed by atoms with Crippen molar-refractivity contribution in [2.45, 2.75) is 11.6 Å². The summed E-state index contributed by atoms with van der Waals surface area (Å²) in [4.78, 5) is 11.0. The highest BCUT2D eigenvalue weighted by molar-refractivity contribution is 7.90. The second kappa shape index (κ2) is 7.61. The predicted molar refractivity (Wildman–Crippen MR) is 90.3 cm³/mol.